The highest BCUT2D eigenvalue weighted by molar-refractivity contribution is 7.09. The molecule has 0 bridgehead atoms. The zero-order chi connectivity index (χ0) is 32.0. The largest absolute Gasteiger partial charge is 0.426 e. The van der Waals surface area contributed by atoms with Crippen molar-refractivity contribution in [2.45, 2.75) is 130 Å². The van der Waals surface area contributed by atoms with Gasteiger partial charge in [0.25, 0.3) is 0 Å². The van der Waals surface area contributed by atoms with Crippen LogP contribution in [-0.4, -0.2) is 48.4 Å². The van der Waals surface area contributed by atoms with Crippen molar-refractivity contribution in [1.82, 2.24) is 10.2 Å². The van der Waals surface area contributed by atoms with Crippen molar-refractivity contribution < 1.29 is 19.1 Å². The molecule has 1 atom stereocenters. The Morgan fingerprint density at radius 3 is 2.25 bits per heavy atom. The second-order valence-electron chi connectivity index (χ2n) is 11.7. The maximum Gasteiger partial charge on any atom is 0.310 e. The quantitative estimate of drug-likeness (QED) is 0.0906. The van der Waals surface area contributed by atoms with Crippen molar-refractivity contribution in [2.75, 3.05) is 19.6 Å². The van der Waals surface area contributed by atoms with Gasteiger partial charge in [-0.2, -0.15) is 0 Å². The summed E-state index contributed by atoms with van der Waals surface area (Å²) < 4.78 is 5.55. The average molecular weight is 628 g/mol. The molecular weight excluding hydrogens is 570 g/mol. The van der Waals surface area contributed by atoms with E-state index in [-0.39, 0.29) is 17.8 Å². The summed E-state index contributed by atoms with van der Waals surface area (Å²) in [5.41, 5.74) is 7.65. The molecule has 0 unspecified atom stereocenters. The first-order chi connectivity index (χ1) is 21.4. The van der Waals surface area contributed by atoms with Gasteiger partial charge in [-0.3, -0.25) is 19.3 Å². The lowest BCUT2D eigenvalue weighted by molar-refractivity contribution is -0.134. The number of esters is 1. The molecule has 1 aromatic heterocycles. The number of benzene rings is 1. The number of carbonyl (C=O) groups excluding carboxylic acids is 3. The SMILES string of the molecule is CCCN(CCc1cccs1)[C@@H]1CCc2c(cccc2OC(=O)CC)C1.CCNC(=O)CCCCCCCCCCC(N)=O. The maximum absolute atomic E-state index is 11.7. The summed E-state index contributed by atoms with van der Waals surface area (Å²) in [7, 11) is 0. The molecule has 0 radical (unpaired) electrons. The molecule has 1 aliphatic carbocycles. The lowest BCUT2D eigenvalue weighted by atomic mass is 9.86. The van der Waals surface area contributed by atoms with Crippen LogP contribution in [0.4, 0.5) is 0 Å². The predicted octanol–water partition coefficient (Wildman–Crippen LogP) is 7.38. The molecule has 2 amide bonds. The van der Waals surface area contributed by atoms with E-state index in [1.165, 1.54) is 48.1 Å². The molecule has 3 rings (SSSR count). The van der Waals surface area contributed by atoms with Crippen LogP contribution in [0.15, 0.2) is 35.7 Å². The molecular formula is C36H57N3O4S. The number of hydrogen-bond donors (Lipinski definition) is 2. The van der Waals surface area contributed by atoms with E-state index in [9.17, 15) is 14.4 Å². The number of thiophene rings is 1. The summed E-state index contributed by atoms with van der Waals surface area (Å²) in [4.78, 5) is 37.5. The number of amides is 2. The van der Waals surface area contributed by atoms with E-state index in [0.717, 1.165) is 76.8 Å². The number of nitrogens with one attached hydrogen (secondary N) is 1. The first-order valence-corrected chi connectivity index (χ1v) is 17.9. The molecule has 7 nitrogen and oxygen atoms in total. The van der Waals surface area contributed by atoms with Crippen molar-refractivity contribution in [2.24, 2.45) is 5.73 Å². The van der Waals surface area contributed by atoms with E-state index < -0.39 is 0 Å². The van der Waals surface area contributed by atoms with Gasteiger partial charge in [-0.25, -0.2) is 0 Å². The highest BCUT2D eigenvalue weighted by Crippen LogP contribution is 2.32. The van der Waals surface area contributed by atoms with E-state index in [1.807, 2.05) is 37.3 Å². The molecule has 44 heavy (non-hydrogen) atoms. The number of nitrogens with zero attached hydrogens (tertiary/aromatic N) is 1. The molecule has 0 saturated heterocycles. The van der Waals surface area contributed by atoms with Crippen LogP contribution in [0, 0.1) is 0 Å². The van der Waals surface area contributed by atoms with Gasteiger partial charge in [0.15, 0.2) is 0 Å². The minimum atomic E-state index is -0.194. The van der Waals surface area contributed by atoms with Crippen molar-refractivity contribution in [3.8, 4) is 5.75 Å². The standard InChI is InChI=1S/C22H29NO2S.C14H28N2O2/c1-3-13-23(14-12-19-8-6-15-26-19)18-10-11-20-17(16-18)7-5-9-21(20)25-22(24)4-2;1-2-16-14(18)12-10-8-6-4-3-5-7-9-11-13(15)17/h5-9,15,18H,3-4,10-14,16H2,1-2H3;2-12H2,1H3,(H2,15,17)(H,16,18)/t18-;/m1./s1. The number of nitrogens with two attached hydrogens (primary N) is 1. The van der Waals surface area contributed by atoms with E-state index in [4.69, 9.17) is 10.5 Å². The Labute approximate surface area is 270 Å². The fourth-order valence-electron chi connectivity index (χ4n) is 5.76. The van der Waals surface area contributed by atoms with E-state index in [2.05, 4.69) is 40.7 Å². The molecule has 1 aromatic carbocycles. The zero-order valence-corrected chi connectivity index (χ0v) is 28.4. The van der Waals surface area contributed by atoms with E-state index in [0.29, 0.717) is 25.3 Å². The first-order valence-electron chi connectivity index (χ1n) is 17.0. The molecule has 0 fully saturated rings. The highest BCUT2D eigenvalue weighted by Gasteiger charge is 2.26. The zero-order valence-electron chi connectivity index (χ0n) is 27.5. The normalized spacial score (nSPS) is 14.0. The lowest BCUT2D eigenvalue weighted by Gasteiger charge is -2.35. The number of rotatable bonds is 20. The van der Waals surface area contributed by atoms with Crippen LogP contribution in [0.2, 0.25) is 0 Å². The van der Waals surface area contributed by atoms with Gasteiger partial charge in [0.2, 0.25) is 11.8 Å². The predicted molar refractivity (Wildman–Crippen MR) is 182 cm³/mol. The highest BCUT2D eigenvalue weighted by atomic mass is 32.1. The molecule has 2 aromatic rings. The lowest BCUT2D eigenvalue weighted by Crippen LogP contribution is -2.41. The van der Waals surface area contributed by atoms with Gasteiger partial charge in [-0.1, -0.05) is 70.6 Å². The van der Waals surface area contributed by atoms with Gasteiger partial charge < -0.3 is 15.8 Å². The summed E-state index contributed by atoms with van der Waals surface area (Å²) in [6.07, 6.45) is 16.1. The molecule has 1 heterocycles. The molecule has 8 heteroatoms. The van der Waals surface area contributed by atoms with Gasteiger partial charge in [0, 0.05) is 43.3 Å². The van der Waals surface area contributed by atoms with Crippen molar-refractivity contribution in [3.63, 3.8) is 0 Å². The molecule has 0 aliphatic heterocycles. The van der Waals surface area contributed by atoms with Crippen LogP contribution < -0.4 is 15.8 Å². The third-order valence-corrected chi connectivity index (χ3v) is 9.07. The van der Waals surface area contributed by atoms with Crippen LogP contribution in [0.3, 0.4) is 0 Å². The number of ether oxygens (including phenoxy) is 1. The van der Waals surface area contributed by atoms with E-state index >= 15 is 0 Å². The van der Waals surface area contributed by atoms with Crippen LogP contribution >= 0.6 is 11.3 Å². The molecule has 0 spiro atoms. The smallest absolute Gasteiger partial charge is 0.310 e. The van der Waals surface area contributed by atoms with Crippen LogP contribution in [0.1, 0.15) is 120 Å². The monoisotopic (exact) mass is 627 g/mol. The van der Waals surface area contributed by atoms with Crippen molar-refractivity contribution in [1.29, 1.82) is 0 Å². The summed E-state index contributed by atoms with van der Waals surface area (Å²) in [5, 5.41) is 4.97. The summed E-state index contributed by atoms with van der Waals surface area (Å²) in [6, 6.07) is 11.1. The number of fused-ring (bicyclic) bond motifs is 1. The van der Waals surface area contributed by atoms with Gasteiger partial charge in [0.05, 0.1) is 0 Å². The number of unbranched alkanes of at least 4 members (excludes halogenated alkanes) is 7. The maximum atomic E-state index is 11.7. The Morgan fingerprint density at radius 1 is 0.932 bits per heavy atom. The number of hydrogen-bond acceptors (Lipinski definition) is 6. The second-order valence-corrected chi connectivity index (χ2v) is 12.8. The molecule has 1 aliphatic rings. The van der Waals surface area contributed by atoms with E-state index in [1.54, 1.807) is 0 Å². The van der Waals surface area contributed by atoms with Crippen LogP contribution in [0.25, 0.3) is 0 Å². The third kappa shape index (κ3) is 15.3. The average Bonchev–Trinajstić information content (AvgIpc) is 3.54. The minimum absolute atomic E-state index is 0.149. The van der Waals surface area contributed by atoms with Gasteiger partial charge >= 0.3 is 5.97 Å². The van der Waals surface area contributed by atoms with Gasteiger partial charge in [0.1, 0.15) is 5.75 Å². The Morgan fingerprint density at radius 2 is 1.64 bits per heavy atom. The summed E-state index contributed by atoms with van der Waals surface area (Å²) >= 11 is 1.85. The van der Waals surface area contributed by atoms with Crippen LogP contribution in [-0.2, 0) is 33.6 Å². The molecule has 3 N–H and O–H groups in total. The fraction of sp³-hybridized carbons (Fsp3) is 0.639. The fourth-order valence-corrected chi connectivity index (χ4v) is 6.46. The Kier molecular flexibility index (Phi) is 19.4. The topological polar surface area (TPSA) is 102 Å². The molecule has 0 saturated carbocycles. The van der Waals surface area contributed by atoms with Crippen LogP contribution in [0.5, 0.6) is 5.75 Å². The number of primary amides is 1. The minimum Gasteiger partial charge on any atom is -0.426 e. The molecule has 246 valence electrons. The Bertz CT molecular complexity index is 1090. The van der Waals surface area contributed by atoms with Gasteiger partial charge in [-0.05, 0) is 87.1 Å². The number of carbonyl (C=O) groups is 3. The van der Waals surface area contributed by atoms with Gasteiger partial charge in [-0.15, -0.1) is 11.3 Å². The summed E-state index contributed by atoms with van der Waals surface area (Å²) in [5.74, 6) is 0.599. The first kappa shape index (κ1) is 37.5. The second kappa shape index (κ2) is 22.7. The van der Waals surface area contributed by atoms with Crippen molar-refractivity contribution in [3.05, 3.63) is 51.7 Å². The Hall–Kier alpha value is -2.71. The summed E-state index contributed by atoms with van der Waals surface area (Å²) in [6.45, 7) is 9.04. The third-order valence-electron chi connectivity index (χ3n) is 8.13. The Balaban J connectivity index is 0.000000331. The van der Waals surface area contributed by atoms with Crippen molar-refractivity contribution >= 4 is 29.1 Å².